The fourth-order valence-electron chi connectivity index (χ4n) is 1.71. The average molecular weight is 282 g/mol. The highest BCUT2D eigenvalue weighted by atomic mass is 32.1. The minimum atomic E-state index is 0.0791. The molecule has 3 nitrogen and oxygen atoms in total. The quantitative estimate of drug-likeness (QED) is 0.807. The molecule has 2 unspecified atom stereocenters. The first-order valence-corrected chi connectivity index (χ1v) is 7.78. The van der Waals surface area contributed by atoms with Crippen LogP contribution in [0.1, 0.15) is 37.4 Å². The first-order chi connectivity index (χ1) is 8.88. The Morgan fingerprint density at radius 2 is 1.95 bits per heavy atom. The molecule has 2 atom stereocenters. The smallest absolute Gasteiger partial charge is 0.234 e. The zero-order valence-corrected chi connectivity index (χ0v) is 13.4. The molecular weight excluding hydrogens is 256 g/mol. The molecule has 1 amide bonds. The fourth-order valence-corrected chi connectivity index (χ4v) is 2.73. The van der Waals surface area contributed by atoms with Crippen LogP contribution in [0.15, 0.2) is 12.1 Å². The van der Waals surface area contributed by atoms with Crippen molar-refractivity contribution in [2.45, 2.75) is 53.1 Å². The van der Waals surface area contributed by atoms with Crippen molar-refractivity contribution >= 4 is 17.2 Å². The molecule has 4 heteroatoms. The lowest BCUT2D eigenvalue weighted by atomic mass is 10.1. The van der Waals surface area contributed by atoms with Crippen molar-refractivity contribution in [1.82, 2.24) is 10.6 Å². The second-order valence-corrected chi connectivity index (χ2v) is 6.97. The number of amides is 1. The predicted molar refractivity (Wildman–Crippen MR) is 82.7 cm³/mol. The fraction of sp³-hybridized carbons (Fsp3) is 0.667. The Hall–Kier alpha value is -0.870. The molecule has 1 aromatic heterocycles. The van der Waals surface area contributed by atoms with Crippen molar-refractivity contribution in [3.05, 3.63) is 21.9 Å². The summed E-state index contributed by atoms with van der Waals surface area (Å²) in [6.45, 7) is 10.9. The molecule has 19 heavy (non-hydrogen) atoms. The predicted octanol–water partition coefficient (Wildman–Crippen LogP) is 2.74. The largest absolute Gasteiger partial charge is 0.352 e. The van der Waals surface area contributed by atoms with E-state index in [0.717, 1.165) is 6.42 Å². The summed E-state index contributed by atoms with van der Waals surface area (Å²) >= 11 is 1.82. The first-order valence-electron chi connectivity index (χ1n) is 6.96. The summed E-state index contributed by atoms with van der Waals surface area (Å²) in [5, 5.41) is 6.28. The van der Waals surface area contributed by atoms with E-state index in [1.807, 2.05) is 18.3 Å². The Bertz CT molecular complexity index is 401. The summed E-state index contributed by atoms with van der Waals surface area (Å²) in [6.07, 6.45) is 0.978. The molecule has 0 saturated carbocycles. The zero-order valence-electron chi connectivity index (χ0n) is 12.6. The van der Waals surface area contributed by atoms with E-state index in [2.05, 4.69) is 50.5 Å². The van der Waals surface area contributed by atoms with E-state index >= 15 is 0 Å². The van der Waals surface area contributed by atoms with Crippen LogP contribution in [0.25, 0.3) is 0 Å². The lowest BCUT2D eigenvalue weighted by Crippen LogP contribution is -2.43. The molecule has 0 aliphatic rings. The average Bonchev–Trinajstić information content (AvgIpc) is 2.72. The monoisotopic (exact) mass is 282 g/mol. The Balaban J connectivity index is 2.26. The van der Waals surface area contributed by atoms with Gasteiger partial charge < -0.3 is 10.6 Å². The van der Waals surface area contributed by atoms with Gasteiger partial charge in [0.25, 0.3) is 0 Å². The second-order valence-electron chi connectivity index (χ2n) is 5.60. The van der Waals surface area contributed by atoms with Crippen molar-refractivity contribution < 1.29 is 4.79 Å². The zero-order chi connectivity index (χ0) is 14.4. The van der Waals surface area contributed by atoms with Crippen molar-refractivity contribution in [2.24, 2.45) is 5.92 Å². The van der Waals surface area contributed by atoms with Gasteiger partial charge in [0.2, 0.25) is 5.91 Å². The molecular formula is C15H26N2OS. The maximum Gasteiger partial charge on any atom is 0.234 e. The Morgan fingerprint density at radius 1 is 1.26 bits per heavy atom. The van der Waals surface area contributed by atoms with Gasteiger partial charge in [0.1, 0.15) is 0 Å². The van der Waals surface area contributed by atoms with Gasteiger partial charge in [-0.1, -0.05) is 13.8 Å². The van der Waals surface area contributed by atoms with Crippen LogP contribution in [-0.2, 0) is 11.2 Å². The van der Waals surface area contributed by atoms with Crippen LogP contribution < -0.4 is 10.6 Å². The Labute approximate surface area is 120 Å². The SMILES string of the molecule is Cc1ccc(CC(C)NCC(=O)NC(C)C(C)C)s1. The summed E-state index contributed by atoms with van der Waals surface area (Å²) < 4.78 is 0. The van der Waals surface area contributed by atoms with Gasteiger partial charge >= 0.3 is 0 Å². The maximum absolute atomic E-state index is 11.7. The molecule has 0 radical (unpaired) electrons. The molecule has 0 aliphatic carbocycles. The van der Waals surface area contributed by atoms with E-state index in [-0.39, 0.29) is 11.9 Å². The number of carbonyl (C=O) groups is 1. The highest BCUT2D eigenvalue weighted by molar-refractivity contribution is 7.11. The molecule has 0 fully saturated rings. The highest BCUT2D eigenvalue weighted by Crippen LogP contribution is 2.16. The third-order valence-corrected chi connectivity index (χ3v) is 4.33. The van der Waals surface area contributed by atoms with Gasteiger partial charge in [-0.15, -0.1) is 11.3 Å². The summed E-state index contributed by atoms with van der Waals surface area (Å²) in [5.74, 6) is 0.547. The van der Waals surface area contributed by atoms with Crippen LogP contribution in [0.4, 0.5) is 0 Å². The molecule has 0 spiro atoms. The Morgan fingerprint density at radius 3 is 2.47 bits per heavy atom. The lowest BCUT2D eigenvalue weighted by Gasteiger charge is -2.19. The first kappa shape index (κ1) is 16.2. The molecule has 1 aromatic rings. The summed E-state index contributed by atoms with van der Waals surface area (Å²) in [4.78, 5) is 14.5. The molecule has 108 valence electrons. The van der Waals surface area contributed by atoms with Crippen LogP contribution in [0.5, 0.6) is 0 Å². The van der Waals surface area contributed by atoms with Gasteiger partial charge in [0.15, 0.2) is 0 Å². The molecule has 1 heterocycles. The molecule has 0 bridgehead atoms. The Kier molecular flexibility index (Phi) is 6.52. The third kappa shape index (κ3) is 6.21. The number of carbonyl (C=O) groups excluding carboxylic acids is 1. The number of nitrogens with one attached hydrogen (secondary N) is 2. The standard InChI is InChI=1S/C15H26N2OS/c1-10(2)13(5)17-15(18)9-16-11(3)8-14-7-6-12(4)19-14/h6-7,10-11,13,16H,8-9H2,1-5H3,(H,17,18). The van der Waals surface area contributed by atoms with Crippen LogP contribution in [0.2, 0.25) is 0 Å². The van der Waals surface area contributed by atoms with Gasteiger partial charge in [-0.3, -0.25) is 4.79 Å². The maximum atomic E-state index is 11.7. The van der Waals surface area contributed by atoms with Gasteiger partial charge in [0.05, 0.1) is 6.54 Å². The summed E-state index contributed by atoms with van der Waals surface area (Å²) in [7, 11) is 0. The minimum Gasteiger partial charge on any atom is -0.352 e. The van der Waals surface area contributed by atoms with Crippen LogP contribution >= 0.6 is 11.3 Å². The normalized spacial score (nSPS) is 14.4. The topological polar surface area (TPSA) is 41.1 Å². The van der Waals surface area contributed by atoms with Gasteiger partial charge in [-0.25, -0.2) is 0 Å². The van der Waals surface area contributed by atoms with E-state index in [1.165, 1.54) is 9.75 Å². The van der Waals surface area contributed by atoms with E-state index < -0.39 is 0 Å². The third-order valence-electron chi connectivity index (χ3n) is 3.30. The number of rotatable bonds is 7. The molecule has 0 saturated heterocycles. The van der Waals surface area contributed by atoms with E-state index in [1.54, 1.807) is 0 Å². The van der Waals surface area contributed by atoms with Crippen LogP contribution in [-0.4, -0.2) is 24.5 Å². The van der Waals surface area contributed by atoms with Gasteiger partial charge in [0, 0.05) is 21.8 Å². The van der Waals surface area contributed by atoms with Gasteiger partial charge in [-0.05, 0) is 45.2 Å². The van der Waals surface area contributed by atoms with Crippen LogP contribution in [0, 0.1) is 12.8 Å². The highest BCUT2D eigenvalue weighted by Gasteiger charge is 2.12. The van der Waals surface area contributed by atoms with E-state index in [0.29, 0.717) is 18.5 Å². The van der Waals surface area contributed by atoms with Crippen molar-refractivity contribution in [1.29, 1.82) is 0 Å². The van der Waals surface area contributed by atoms with Crippen LogP contribution in [0.3, 0.4) is 0 Å². The van der Waals surface area contributed by atoms with Crippen molar-refractivity contribution in [2.75, 3.05) is 6.54 Å². The lowest BCUT2D eigenvalue weighted by molar-refractivity contribution is -0.121. The summed E-state index contributed by atoms with van der Waals surface area (Å²) in [5.41, 5.74) is 0. The number of hydrogen-bond acceptors (Lipinski definition) is 3. The van der Waals surface area contributed by atoms with Gasteiger partial charge in [-0.2, -0.15) is 0 Å². The number of thiophene rings is 1. The minimum absolute atomic E-state index is 0.0791. The molecule has 2 N–H and O–H groups in total. The second kappa shape index (κ2) is 7.65. The number of hydrogen-bond donors (Lipinski definition) is 2. The molecule has 1 rings (SSSR count). The van der Waals surface area contributed by atoms with E-state index in [4.69, 9.17) is 0 Å². The van der Waals surface area contributed by atoms with Crippen molar-refractivity contribution in [3.63, 3.8) is 0 Å². The van der Waals surface area contributed by atoms with E-state index in [9.17, 15) is 4.79 Å². The van der Waals surface area contributed by atoms with Crippen molar-refractivity contribution in [3.8, 4) is 0 Å². The summed E-state index contributed by atoms with van der Waals surface area (Å²) in [6, 6.07) is 4.85. The molecule has 0 aliphatic heterocycles. The molecule has 0 aromatic carbocycles. The number of aryl methyl sites for hydroxylation is 1.